The molecule has 6 heteroatoms. The number of benzene rings is 9. The highest BCUT2D eigenvalue weighted by Gasteiger charge is 2.21. The van der Waals surface area contributed by atoms with Gasteiger partial charge in [-0.1, -0.05) is 164 Å². The van der Waals surface area contributed by atoms with Crippen LogP contribution in [-0.2, 0) is 0 Å². The van der Waals surface area contributed by atoms with Crippen LogP contribution in [0.2, 0.25) is 0 Å². The van der Waals surface area contributed by atoms with Gasteiger partial charge in [-0.2, -0.15) is 0 Å². The Morgan fingerprint density at radius 3 is 1.79 bits per heavy atom. The number of thiophene rings is 1. The van der Waals surface area contributed by atoms with Crippen molar-refractivity contribution in [3.63, 3.8) is 0 Å². The van der Waals surface area contributed by atoms with E-state index in [4.69, 9.17) is 24.9 Å². The molecule has 0 saturated carbocycles. The first-order valence-corrected chi connectivity index (χ1v) is 21.4. The largest absolute Gasteiger partial charge is 0.455 e. The summed E-state index contributed by atoms with van der Waals surface area (Å²) >= 11 is 1.70. The molecule has 294 valence electrons. The molecule has 0 radical (unpaired) electrons. The van der Waals surface area contributed by atoms with E-state index < -0.39 is 0 Å². The number of fused-ring (bicyclic) bond motifs is 9. The maximum absolute atomic E-state index is 9.25. The number of furan rings is 1. The minimum absolute atomic E-state index is 0.0242. The van der Waals surface area contributed by atoms with Crippen LogP contribution >= 0.6 is 11.3 Å². The van der Waals surface area contributed by atoms with Crippen molar-refractivity contribution < 1.29 is 12.6 Å². The Morgan fingerprint density at radius 1 is 0.429 bits per heavy atom. The first-order valence-electron chi connectivity index (χ1n) is 23.6. The molecule has 0 bridgehead atoms. The van der Waals surface area contributed by atoms with E-state index >= 15 is 0 Å². The Kier molecular flexibility index (Phi) is 6.75. The molecule has 9 aromatic carbocycles. The van der Waals surface area contributed by atoms with Crippen LogP contribution in [0.5, 0.6) is 0 Å². The molecule has 0 spiro atoms. The van der Waals surface area contributed by atoms with Gasteiger partial charge in [0.15, 0.2) is 17.5 Å². The summed E-state index contributed by atoms with van der Waals surface area (Å²) in [6.07, 6.45) is 0. The van der Waals surface area contributed by atoms with Gasteiger partial charge in [-0.05, 0) is 53.5 Å². The summed E-state index contributed by atoms with van der Waals surface area (Å²) in [6, 6.07) is 54.7. The van der Waals surface area contributed by atoms with Crippen LogP contribution in [0.25, 0.3) is 126 Å². The molecule has 13 rings (SSSR count). The third-order valence-corrected chi connectivity index (χ3v) is 12.9. The van der Waals surface area contributed by atoms with E-state index in [0.717, 1.165) is 75.5 Å². The van der Waals surface area contributed by atoms with E-state index in [1.165, 1.54) is 12.1 Å². The third-order valence-electron chi connectivity index (χ3n) is 11.8. The van der Waals surface area contributed by atoms with Crippen LogP contribution in [0.15, 0.2) is 211 Å². The Balaban J connectivity index is 1.04. The first-order chi connectivity index (χ1) is 33.7. The molecular formula is C57H34N4OS. The zero-order valence-electron chi connectivity index (χ0n) is 39.3. The number of hydrogen-bond donors (Lipinski definition) is 0. The number of aromatic nitrogens is 4. The second kappa shape index (κ2) is 14.2. The van der Waals surface area contributed by atoms with Crippen LogP contribution in [0.1, 0.15) is 8.22 Å². The predicted octanol–water partition coefficient (Wildman–Crippen LogP) is 15.6. The molecule has 0 aliphatic heterocycles. The summed E-state index contributed by atoms with van der Waals surface area (Å²) < 4.78 is 64.4. The molecule has 0 saturated heterocycles. The molecule has 13 aromatic rings. The topological polar surface area (TPSA) is 56.7 Å². The van der Waals surface area contributed by atoms with Crippen molar-refractivity contribution in [3.8, 4) is 62.1 Å². The highest BCUT2D eigenvalue weighted by atomic mass is 32.1. The Hall–Kier alpha value is -8.19. The van der Waals surface area contributed by atoms with Gasteiger partial charge in [0.25, 0.3) is 0 Å². The summed E-state index contributed by atoms with van der Waals surface area (Å²) in [5, 5.41) is 4.42. The predicted molar refractivity (Wildman–Crippen MR) is 262 cm³/mol. The van der Waals surface area contributed by atoms with Crippen molar-refractivity contribution in [1.82, 2.24) is 19.5 Å². The van der Waals surface area contributed by atoms with Crippen LogP contribution in [-0.4, -0.2) is 19.5 Å². The molecule has 0 aliphatic rings. The molecule has 4 heterocycles. The fourth-order valence-electron chi connectivity index (χ4n) is 8.96. The fraction of sp³-hybridized carbons (Fsp3) is 0. The van der Waals surface area contributed by atoms with Gasteiger partial charge in [-0.3, -0.25) is 0 Å². The minimum atomic E-state index is -0.165. The van der Waals surface area contributed by atoms with E-state index in [1.807, 2.05) is 121 Å². The molecule has 0 aliphatic carbocycles. The lowest BCUT2D eigenvalue weighted by molar-refractivity contribution is 0.670. The lowest BCUT2D eigenvalue weighted by Crippen LogP contribution is -2.00. The monoisotopic (exact) mass is 828 g/mol. The summed E-state index contributed by atoms with van der Waals surface area (Å²) in [6.45, 7) is 0. The fourth-order valence-corrected chi connectivity index (χ4v) is 10.1. The van der Waals surface area contributed by atoms with Gasteiger partial charge in [-0.25, -0.2) is 15.0 Å². The van der Waals surface area contributed by atoms with E-state index in [1.54, 1.807) is 15.9 Å². The molecule has 4 aromatic heterocycles. The number of nitrogens with zero attached hydrogens (tertiary/aromatic N) is 4. The smallest absolute Gasteiger partial charge is 0.164 e. The molecule has 0 unspecified atom stereocenters. The summed E-state index contributed by atoms with van der Waals surface area (Å²) in [5.74, 6) is 1.77. The van der Waals surface area contributed by atoms with Gasteiger partial charge in [0.1, 0.15) is 11.2 Å². The Bertz CT molecular complexity index is 4150. The molecule has 0 amide bonds. The average Bonchev–Trinajstić information content (AvgIpc) is 4.08. The van der Waals surface area contributed by atoms with Gasteiger partial charge in [-0.15, -0.1) is 11.3 Å². The second-order valence-corrected chi connectivity index (χ2v) is 16.5. The summed E-state index contributed by atoms with van der Waals surface area (Å²) in [7, 11) is 0. The van der Waals surface area contributed by atoms with Crippen molar-refractivity contribution in [1.29, 1.82) is 0 Å². The van der Waals surface area contributed by atoms with Crippen LogP contribution in [0, 0.1) is 0 Å². The van der Waals surface area contributed by atoms with Gasteiger partial charge in [0, 0.05) is 69.5 Å². The van der Waals surface area contributed by atoms with E-state index in [2.05, 4.69) is 36.4 Å². The lowest BCUT2D eigenvalue weighted by Gasteiger charge is -2.16. The van der Waals surface area contributed by atoms with Crippen LogP contribution in [0.3, 0.4) is 0 Å². The van der Waals surface area contributed by atoms with Gasteiger partial charge in [0.05, 0.1) is 24.9 Å². The molecule has 63 heavy (non-hydrogen) atoms. The van der Waals surface area contributed by atoms with Crippen LogP contribution < -0.4 is 0 Å². The zero-order valence-corrected chi connectivity index (χ0v) is 34.1. The Morgan fingerprint density at radius 2 is 1.05 bits per heavy atom. The maximum Gasteiger partial charge on any atom is 0.164 e. The van der Waals surface area contributed by atoms with Crippen molar-refractivity contribution in [2.45, 2.75) is 0 Å². The zero-order chi connectivity index (χ0) is 46.7. The van der Waals surface area contributed by atoms with E-state index in [0.29, 0.717) is 28.7 Å². The molecule has 5 nitrogen and oxygen atoms in total. The standard InChI is InChI=1S/C57H34N4OS/c1-3-15-35(16-4-1)55-58-56(36-17-5-2-6-18-36)60-57(59-55)45-24-14-28-51-53(45)44-31-29-38(34-52(44)63-51)37-30-32-49(61-47-25-10-7-19-39(47)40-20-8-11-26-48(40)61)46(33-37)43-23-13-22-42-41-21-9-12-27-50(41)62-54(42)43/h1-34H/i7D,8D,19D,20D,25D,26D. The van der Waals surface area contributed by atoms with E-state index in [-0.39, 0.29) is 58.1 Å². The average molecular weight is 829 g/mol. The third kappa shape index (κ3) is 5.73. The van der Waals surface area contributed by atoms with Crippen molar-refractivity contribution in [2.24, 2.45) is 0 Å². The van der Waals surface area contributed by atoms with Crippen molar-refractivity contribution >= 4 is 75.3 Å². The van der Waals surface area contributed by atoms with Gasteiger partial charge in [0.2, 0.25) is 0 Å². The maximum atomic E-state index is 9.25. The Labute approximate surface area is 374 Å². The summed E-state index contributed by atoms with van der Waals surface area (Å²) in [4.78, 5) is 15.1. The second-order valence-electron chi connectivity index (χ2n) is 15.4. The molecule has 0 atom stereocenters. The number of hydrogen-bond acceptors (Lipinski definition) is 5. The molecule has 0 fully saturated rings. The minimum Gasteiger partial charge on any atom is -0.455 e. The number of rotatable bonds is 6. The summed E-state index contributed by atoms with van der Waals surface area (Å²) in [5.41, 5.74) is 8.65. The van der Waals surface area contributed by atoms with Crippen molar-refractivity contribution in [2.75, 3.05) is 0 Å². The highest BCUT2D eigenvalue weighted by Crippen LogP contribution is 2.45. The van der Waals surface area contributed by atoms with Crippen molar-refractivity contribution in [3.05, 3.63) is 206 Å². The van der Waals surface area contributed by atoms with Crippen LogP contribution in [0.4, 0.5) is 0 Å². The van der Waals surface area contributed by atoms with E-state index in [9.17, 15) is 2.74 Å². The lowest BCUT2D eigenvalue weighted by atomic mass is 9.95. The molecule has 0 N–H and O–H groups in total. The van der Waals surface area contributed by atoms with Gasteiger partial charge < -0.3 is 8.98 Å². The normalized spacial score (nSPS) is 13.1. The van der Waals surface area contributed by atoms with Gasteiger partial charge >= 0.3 is 0 Å². The highest BCUT2D eigenvalue weighted by molar-refractivity contribution is 7.26. The SMILES string of the molecule is [2H]c1cc([2H])c2c(c1[2H])c1c([2H])c([2H])cc([2H])c1n2-c1ccc(-c2ccc3c(c2)sc2cccc(-c4nc(-c5ccccc5)nc(-c5ccccc5)n4)c23)cc1-c1cccc2c1oc1ccccc12. The first kappa shape index (κ1) is 29.9. The molecular weight excluding hydrogens is 789 g/mol. The quantitative estimate of drug-likeness (QED) is 0.168. The number of para-hydroxylation sites is 4.